The van der Waals surface area contributed by atoms with E-state index in [1.54, 1.807) is 12.0 Å². The van der Waals surface area contributed by atoms with E-state index in [0.717, 1.165) is 38.9 Å². The minimum Gasteiger partial charge on any atom is -0.347 e. The zero-order valence-corrected chi connectivity index (χ0v) is 14.3. The van der Waals surface area contributed by atoms with Crippen molar-refractivity contribution in [2.45, 2.75) is 52.5 Å². The summed E-state index contributed by atoms with van der Waals surface area (Å²) in [5.41, 5.74) is -0.153. The highest BCUT2D eigenvalue weighted by molar-refractivity contribution is 5.77. The summed E-state index contributed by atoms with van der Waals surface area (Å²) in [6.45, 7) is 11.1. The molecule has 1 unspecified atom stereocenters. The third-order valence-corrected chi connectivity index (χ3v) is 4.55. The van der Waals surface area contributed by atoms with Crippen LogP contribution in [0, 0.1) is 17.2 Å². The van der Waals surface area contributed by atoms with Crippen molar-refractivity contribution in [3.63, 3.8) is 0 Å². The van der Waals surface area contributed by atoms with Crippen LogP contribution in [-0.4, -0.2) is 53.6 Å². The standard InChI is InChI=1S/C16H30N4O2/c1-12(2)9-16(4)11-22-20(15(17)18-16)10-14-5-7-19(8-6-14)13(3)21/h12,14H,5-11H2,1-4H3,(H2,17,18). The Balaban J connectivity index is 1.81. The van der Waals surface area contributed by atoms with Crippen LogP contribution in [0.5, 0.6) is 0 Å². The third-order valence-electron chi connectivity index (χ3n) is 4.55. The minimum atomic E-state index is -0.153. The first-order valence-electron chi connectivity index (χ1n) is 8.32. The van der Waals surface area contributed by atoms with Crippen LogP contribution in [0.1, 0.15) is 47.0 Å². The number of hydrogen-bond donors (Lipinski definition) is 2. The number of likely N-dealkylation sites (tertiary alicyclic amines) is 1. The van der Waals surface area contributed by atoms with Crippen LogP contribution in [0.3, 0.4) is 0 Å². The second-order valence-corrected chi connectivity index (χ2v) is 7.42. The Bertz CT molecular complexity index is 418. The lowest BCUT2D eigenvalue weighted by Crippen LogP contribution is -2.61. The number of hydrogen-bond acceptors (Lipinski definition) is 3. The van der Waals surface area contributed by atoms with Gasteiger partial charge in [-0.25, -0.2) is 5.06 Å². The number of nitrogens with zero attached hydrogens (tertiary/aromatic N) is 2. The number of piperidine rings is 1. The van der Waals surface area contributed by atoms with E-state index >= 15 is 0 Å². The molecule has 2 fully saturated rings. The summed E-state index contributed by atoms with van der Waals surface area (Å²) in [4.78, 5) is 19.1. The molecule has 2 saturated heterocycles. The van der Waals surface area contributed by atoms with Crippen LogP contribution in [0.2, 0.25) is 0 Å². The van der Waals surface area contributed by atoms with E-state index in [1.165, 1.54) is 0 Å². The topological polar surface area (TPSA) is 68.7 Å². The summed E-state index contributed by atoms with van der Waals surface area (Å²) in [6.07, 6.45) is 2.95. The van der Waals surface area contributed by atoms with Gasteiger partial charge < -0.3 is 10.2 Å². The molecule has 0 aliphatic carbocycles. The highest BCUT2D eigenvalue weighted by atomic mass is 16.7. The fraction of sp³-hybridized carbons (Fsp3) is 0.875. The van der Waals surface area contributed by atoms with Gasteiger partial charge >= 0.3 is 0 Å². The number of carbonyl (C=O) groups is 1. The summed E-state index contributed by atoms with van der Waals surface area (Å²) in [5.74, 6) is 1.57. The number of rotatable bonds is 4. The summed E-state index contributed by atoms with van der Waals surface area (Å²) in [5, 5.41) is 13.2. The largest absolute Gasteiger partial charge is 0.347 e. The van der Waals surface area contributed by atoms with E-state index in [2.05, 4.69) is 26.1 Å². The van der Waals surface area contributed by atoms with Crippen molar-refractivity contribution in [3.05, 3.63) is 0 Å². The molecule has 1 amide bonds. The Morgan fingerprint density at radius 3 is 2.59 bits per heavy atom. The predicted octanol–water partition coefficient (Wildman–Crippen LogP) is 1.82. The highest BCUT2D eigenvalue weighted by Gasteiger charge is 2.35. The molecule has 6 heteroatoms. The van der Waals surface area contributed by atoms with Gasteiger partial charge in [0.15, 0.2) is 0 Å². The molecule has 2 aliphatic heterocycles. The van der Waals surface area contributed by atoms with Crippen molar-refractivity contribution in [2.24, 2.45) is 11.8 Å². The molecule has 2 N–H and O–H groups in total. The normalized spacial score (nSPS) is 27.2. The zero-order chi connectivity index (χ0) is 16.3. The van der Waals surface area contributed by atoms with Gasteiger partial charge in [-0.05, 0) is 38.0 Å². The van der Waals surface area contributed by atoms with Crippen LogP contribution in [0.4, 0.5) is 0 Å². The molecule has 1 atom stereocenters. The lowest BCUT2D eigenvalue weighted by atomic mass is 9.91. The van der Waals surface area contributed by atoms with Crippen molar-refractivity contribution in [3.8, 4) is 0 Å². The SMILES string of the molecule is CC(=O)N1CCC(CN2OCC(C)(CC(C)C)NC2=N)CC1. The molecule has 0 spiro atoms. The Morgan fingerprint density at radius 1 is 1.45 bits per heavy atom. The maximum atomic E-state index is 11.4. The van der Waals surface area contributed by atoms with E-state index in [1.807, 2.05) is 4.90 Å². The second-order valence-electron chi connectivity index (χ2n) is 7.42. The Hall–Kier alpha value is -1.30. The van der Waals surface area contributed by atoms with Gasteiger partial charge in [-0.1, -0.05) is 13.8 Å². The van der Waals surface area contributed by atoms with E-state index < -0.39 is 0 Å². The van der Waals surface area contributed by atoms with Crippen molar-refractivity contribution in [1.82, 2.24) is 15.3 Å². The number of carbonyl (C=O) groups excluding carboxylic acids is 1. The van der Waals surface area contributed by atoms with Crippen LogP contribution >= 0.6 is 0 Å². The van der Waals surface area contributed by atoms with Gasteiger partial charge in [0.25, 0.3) is 0 Å². The molecule has 2 aliphatic rings. The number of hydroxylamine groups is 2. The first kappa shape index (κ1) is 17.1. The molecule has 2 heterocycles. The molecular formula is C16H30N4O2. The highest BCUT2D eigenvalue weighted by Crippen LogP contribution is 2.24. The van der Waals surface area contributed by atoms with Gasteiger partial charge in [0.1, 0.15) is 0 Å². The first-order valence-corrected chi connectivity index (χ1v) is 8.32. The van der Waals surface area contributed by atoms with E-state index in [4.69, 9.17) is 10.2 Å². The Labute approximate surface area is 133 Å². The number of amides is 1. The summed E-state index contributed by atoms with van der Waals surface area (Å²) in [7, 11) is 0. The van der Waals surface area contributed by atoms with Crippen LogP contribution in [0.25, 0.3) is 0 Å². The third kappa shape index (κ3) is 4.35. The van der Waals surface area contributed by atoms with Gasteiger partial charge in [-0.2, -0.15) is 0 Å². The molecular weight excluding hydrogens is 280 g/mol. The van der Waals surface area contributed by atoms with Gasteiger partial charge in [0.05, 0.1) is 18.7 Å². The lowest BCUT2D eigenvalue weighted by Gasteiger charge is -2.43. The van der Waals surface area contributed by atoms with Crippen LogP contribution in [-0.2, 0) is 9.63 Å². The van der Waals surface area contributed by atoms with E-state index in [-0.39, 0.29) is 11.4 Å². The maximum Gasteiger partial charge on any atom is 0.219 e. The smallest absolute Gasteiger partial charge is 0.219 e. The Morgan fingerprint density at radius 2 is 2.09 bits per heavy atom. The fourth-order valence-electron chi connectivity index (χ4n) is 3.49. The van der Waals surface area contributed by atoms with Gasteiger partial charge in [-0.3, -0.25) is 15.0 Å². The molecule has 0 aromatic rings. The summed E-state index contributed by atoms with van der Waals surface area (Å²) < 4.78 is 0. The average Bonchev–Trinajstić information content (AvgIpc) is 2.41. The van der Waals surface area contributed by atoms with Crippen molar-refractivity contribution >= 4 is 11.9 Å². The predicted molar refractivity (Wildman–Crippen MR) is 86.4 cm³/mol. The fourth-order valence-corrected chi connectivity index (χ4v) is 3.49. The van der Waals surface area contributed by atoms with E-state index in [9.17, 15) is 4.79 Å². The van der Waals surface area contributed by atoms with Crippen molar-refractivity contribution in [1.29, 1.82) is 5.41 Å². The lowest BCUT2D eigenvalue weighted by molar-refractivity contribution is -0.153. The molecule has 0 bridgehead atoms. The quantitative estimate of drug-likeness (QED) is 0.831. The molecule has 0 aromatic carbocycles. The van der Waals surface area contributed by atoms with Crippen molar-refractivity contribution < 1.29 is 9.63 Å². The molecule has 0 saturated carbocycles. The molecule has 2 rings (SSSR count). The molecule has 0 radical (unpaired) electrons. The molecule has 6 nitrogen and oxygen atoms in total. The minimum absolute atomic E-state index is 0.153. The van der Waals surface area contributed by atoms with Gasteiger partial charge in [-0.15, -0.1) is 0 Å². The number of nitrogens with one attached hydrogen (secondary N) is 2. The second kappa shape index (κ2) is 6.86. The van der Waals surface area contributed by atoms with Gasteiger partial charge in [0, 0.05) is 20.0 Å². The first-order chi connectivity index (χ1) is 10.3. The molecule has 126 valence electrons. The molecule has 0 aromatic heterocycles. The maximum absolute atomic E-state index is 11.4. The monoisotopic (exact) mass is 310 g/mol. The zero-order valence-electron chi connectivity index (χ0n) is 14.3. The van der Waals surface area contributed by atoms with Crippen molar-refractivity contribution in [2.75, 3.05) is 26.2 Å². The van der Waals surface area contributed by atoms with Gasteiger partial charge in [0.2, 0.25) is 11.9 Å². The number of guanidine groups is 1. The average molecular weight is 310 g/mol. The van der Waals surface area contributed by atoms with Crippen LogP contribution < -0.4 is 5.32 Å². The van der Waals surface area contributed by atoms with Crippen LogP contribution in [0.15, 0.2) is 0 Å². The van der Waals surface area contributed by atoms with E-state index in [0.29, 0.717) is 24.4 Å². The molecule has 22 heavy (non-hydrogen) atoms. The summed E-state index contributed by atoms with van der Waals surface area (Å²) in [6, 6.07) is 0. The summed E-state index contributed by atoms with van der Waals surface area (Å²) >= 11 is 0. The Kier molecular flexibility index (Phi) is 5.32.